The summed E-state index contributed by atoms with van der Waals surface area (Å²) >= 11 is 0. The standard InChI is InChI=1S/C16H24N4O2/c1-3-11-22-12(2)16(21)19-9-6-13(7-10-19)15-18-17-14-5-4-8-20(14)15/h3,12-13H,1,4-11H2,2H3/t12-/m0/s1. The number of hydrogen-bond donors (Lipinski definition) is 0. The summed E-state index contributed by atoms with van der Waals surface area (Å²) in [6, 6.07) is 0. The highest BCUT2D eigenvalue weighted by Gasteiger charge is 2.30. The zero-order valence-corrected chi connectivity index (χ0v) is 13.2. The van der Waals surface area contributed by atoms with Crippen LogP contribution in [0.4, 0.5) is 0 Å². The van der Waals surface area contributed by atoms with Crippen LogP contribution in [0, 0.1) is 0 Å². The predicted molar refractivity (Wildman–Crippen MR) is 82.5 cm³/mol. The Hall–Kier alpha value is -1.69. The minimum atomic E-state index is -0.396. The second-order valence-corrected chi connectivity index (χ2v) is 6.09. The number of aryl methyl sites for hydroxylation is 1. The van der Waals surface area contributed by atoms with E-state index in [-0.39, 0.29) is 5.91 Å². The summed E-state index contributed by atoms with van der Waals surface area (Å²) in [5, 5.41) is 8.67. The van der Waals surface area contributed by atoms with Gasteiger partial charge in [-0.05, 0) is 26.2 Å². The molecular formula is C16H24N4O2. The van der Waals surface area contributed by atoms with Crippen molar-refractivity contribution in [3.05, 3.63) is 24.3 Å². The van der Waals surface area contributed by atoms with Gasteiger partial charge in [0.1, 0.15) is 17.8 Å². The monoisotopic (exact) mass is 304 g/mol. The summed E-state index contributed by atoms with van der Waals surface area (Å²) < 4.78 is 7.71. The van der Waals surface area contributed by atoms with E-state index < -0.39 is 6.10 Å². The molecule has 1 amide bonds. The highest BCUT2D eigenvalue weighted by Crippen LogP contribution is 2.29. The zero-order valence-electron chi connectivity index (χ0n) is 13.2. The number of hydrogen-bond acceptors (Lipinski definition) is 4. The van der Waals surface area contributed by atoms with Crippen molar-refractivity contribution < 1.29 is 9.53 Å². The van der Waals surface area contributed by atoms with Gasteiger partial charge in [-0.15, -0.1) is 16.8 Å². The van der Waals surface area contributed by atoms with E-state index in [1.807, 2.05) is 11.8 Å². The molecule has 6 heteroatoms. The summed E-state index contributed by atoms with van der Waals surface area (Å²) in [5.41, 5.74) is 0. The summed E-state index contributed by atoms with van der Waals surface area (Å²) in [6.07, 6.45) is 5.40. The van der Waals surface area contributed by atoms with E-state index in [1.54, 1.807) is 6.08 Å². The van der Waals surface area contributed by atoms with Crippen LogP contribution in [0.2, 0.25) is 0 Å². The van der Waals surface area contributed by atoms with Gasteiger partial charge in [0.2, 0.25) is 0 Å². The molecule has 0 aliphatic carbocycles. The number of likely N-dealkylation sites (tertiary alicyclic amines) is 1. The largest absolute Gasteiger partial charge is 0.365 e. The second kappa shape index (κ2) is 6.60. The van der Waals surface area contributed by atoms with Gasteiger partial charge >= 0.3 is 0 Å². The van der Waals surface area contributed by atoms with E-state index in [1.165, 1.54) is 6.42 Å². The molecule has 1 fully saturated rings. The molecule has 0 radical (unpaired) electrons. The number of ether oxygens (including phenoxy) is 1. The van der Waals surface area contributed by atoms with Gasteiger partial charge in [-0.3, -0.25) is 4.79 Å². The van der Waals surface area contributed by atoms with Crippen LogP contribution < -0.4 is 0 Å². The molecule has 3 heterocycles. The van der Waals surface area contributed by atoms with E-state index >= 15 is 0 Å². The zero-order chi connectivity index (χ0) is 15.5. The number of carbonyl (C=O) groups is 1. The van der Waals surface area contributed by atoms with Gasteiger partial charge in [-0.1, -0.05) is 6.08 Å². The van der Waals surface area contributed by atoms with Crippen LogP contribution in [-0.2, 0) is 22.5 Å². The maximum atomic E-state index is 12.3. The van der Waals surface area contributed by atoms with Crippen molar-refractivity contribution in [2.75, 3.05) is 19.7 Å². The third kappa shape index (κ3) is 2.92. The van der Waals surface area contributed by atoms with E-state index in [9.17, 15) is 4.79 Å². The third-order valence-electron chi connectivity index (χ3n) is 4.62. The molecule has 0 unspecified atom stereocenters. The minimum Gasteiger partial charge on any atom is -0.365 e. The average Bonchev–Trinajstić information content (AvgIpc) is 3.15. The molecule has 3 rings (SSSR count). The number of amides is 1. The van der Waals surface area contributed by atoms with Gasteiger partial charge in [-0.2, -0.15) is 0 Å². The first-order valence-corrected chi connectivity index (χ1v) is 8.14. The Labute approximate surface area is 131 Å². The molecule has 2 aliphatic rings. The number of piperidine rings is 1. The van der Waals surface area contributed by atoms with Gasteiger partial charge in [0.25, 0.3) is 5.91 Å². The Morgan fingerprint density at radius 3 is 2.91 bits per heavy atom. The first kappa shape index (κ1) is 15.2. The fourth-order valence-electron chi connectivity index (χ4n) is 3.37. The smallest absolute Gasteiger partial charge is 0.251 e. The molecule has 1 saturated heterocycles. The first-order valence-electron chi connectivity index (χ1n) is 8.14. The molecule has 1 aromatic rings. The van der Waals surface area contributed by atoms with Crippen LogP contribution in [0.25, 0.3) is 0 Å². The predicted octanol–water partition coefficient (Wildman–Crippen LogP) is 1.52. The van der Waals surface area contributed by atoms with Crippen molar-refractivity contribution in [3.63, 3.8) is 0 Å². The van der Waals surface area contributed by atoms with E-state index in [2.05, 4.69) is 21.3 Å². The molecule has 0 spiro atoms. The molecule has 1 aromatic heterocycles. The van der Waals surface area contributed by atoms with Crippen molar-refractivity contribution in [3.8, 4) is 0 Å². The second-order valence-electron chi connectivity index (χ2n) is 6.09. The van der Waals surface area contributed by atoms with Gasteiger partial charge in [0.15, 0.2) is 0 Å². The molecule has 0 saturated carbocycles. The highest BCUT2D eigenvalue weighted by atomic mass is 16.5. The number of carbonyl (C=O) groups excluding carboxylic acids is 1. The number of nitrogens with zero attached hydrogens (tertiary/aromatic N) is 4. The van der Waals surface area contributed by atoms with Crippen LogP contribution in [0.3, 0.4) is 0 Å². The van der Waals surface area contributed by atoms with Crippen molar-refractivity contribution in [2.24, 2.45) is 0 Å². The van der Waals surface area contributed by atoms with Crippen molar-refractivity contribution in [1.82, 2.24) is 19.7 Å². The van der Waals surface area contributed by atoms with Crippen molar-refractivity contribution in [1.29, 1.82) is 0 Å². The SMILES string of the molecule is C=CCO[C@@H](C)C(=O)N1CCC(c2nnc3n2CCC3)CC1. The maximum absolute atomic E-state index is 12.3. The Bertz CT molecular complexity index is 546. The Kier molecular flexibility index (Phi) is 4.57. The minimum absolute atomic E-state index is 0.0757. The van der Waals surface area contributed by atoms with Crippen molar-refractivity contribution in [2.45, 2.75) is 51.2 Å². The summed E-state index contributed by atoms with van der Waals surface area (Å²) in [6.45, 7) is 8.41. The lowest BCUT2D eigenvalue weighted by atomic mass is 9.95. The van der Waals surface area contributed by atoms with Gasteiger partial charge in [0.05, 0.1) is 6.61 Å². The third-order valence-corrected chi connectivity index (χ3v) is 4.62. The topological polar surface area (TPSA) is 60.2 Å². The van der Waals surface area contributed by atoms with Crippen LogP contribution >= 0.6 is 0 Å². The molecule has 120 valence electrons. The summed E-state index contributed by atoms with van der Waals surface area (Å²) in [4.78, 5) is 14.2. The Balaban J connectivity index is 1.56. The molecule has 0 N–H and O–H groups in total. The highest BCUT2D eigenvalue weighted by molar-refractivity contribution is 5.80. The molecule has 2 aliphatic heterocycles. The molecule has 0 aromatic carbocycles. The van der Waals surface area contributed by atoms with Crippen LogP contribution in [-0.4, -0.2) is 51.4 Å². The van der Waals surface area contributed by atoms with Gasteiger partial charge in [0, 0.05) is 32.0 Å². The fourth-order valence-corrected chi connectivity index (χ4v) is 3.37. The lowest BCUT2D eigenvalue weighted by Crippen LogP contribution is -2.43. The molecule has 22 heavy (non-hydrogen) atoms. The van der Waals surface area contributed by atoms with Crippen molar-refractivity contribution >= 4 is 5.91 Å². The van der Waals surface area contributed by atoms with Gasteiger partial charge in [-0.25, -0.2) is 0 Å². The Morgan fingerprint density at radius 2 is 2.18 bits per heavy atom. The lowest BCUT2D eigenvalue weighted by Gasteiger charge is -2.33. The number of fused-ring (bicyclic) bond motifs is 1. The number of aromatic nitrogens is 3. The first-order chi connectivity index (χ1) is 10.7. The average molecular weight is 304 g/mol. The molecule has 6 nitrogen and oxygen atoms in total. The molecular weight excluding hydrogens is 280 g/mol. The number of rotatable bonds is 5. The fraction of sp³-hybridized carbons (Fsp3) is 0.688. The molecule has 1 atom stereocenters. The van der Waals surface area contributed by atoms with E-state index in [0.717, 1.165) is 50.5 Å². The maximum Gasteiger partial charge on any atom is 0.251 e. The summed E-state index contributed by atoms with van der Waals surface area (Å²) in [7, 11) is 0. The van der Waals surface area contributed by atoms with E-state index in [4.69, 9.17) is 4.74 Å². The molecule has 0 bridgehead atoms. The van der Waals surface area contributed by atoms with Crippen LogP contribution in [0.15, 0.2) is 12.7 Å². The van der Waals surface area contributed by atoms with Crippen LogP contribution in [0.5, 0.6) is 0 Å². The lowest BCUT2D eigenvalue weighted by molar-refractivity contribution is -0.143. The summed E-state index contributed by atoms with van der Waals surface area (Å²) in [5.74, 6) is 2.75. The van der Waals surface area contributed by atoms with E-state index in [0.29, 0.717) is 12.5 Å². The van der Waals surface area contributed by atoms with Gasteiger partial charge < -0.3 is 14.2 Å². The quantitative estimate of drug-likeness (QED) is 0.774. The normalized spacial score (nSPS) is 20.0. The Morgan fingerprint density at radius 1 is 1.41 bits per heavy atom. The van der Waals surface area contributed by atoms with Crippen LogP contribution in [0.1, 0.15) is 43.8 Å².